The summed E-state index contributed by atoms with van der Waals surface area (Å²) in [5.41, 5.74) is -0.790. The fourth-order valence-corrected chi connectivity index (χ4v) is 1.56. The molecule has 0 radical (unpaired) electrons. The third-order valence-electron chi connectivity index (χ3n) is 2.38. The normalized spacial score (nSPS) is 11.2. The number of aryl methyl sites for hydroxylation is 1. The number of halogens is 3. The van der Waals surface area contributed by atoms with E-state index in [1.54, 1.807) is 6.92 Å². The van der Waals surface area contributed by atoms with Crippen LogP contribution >= 0.6 is 0 Å². The van der Waals surface area contributed by atoms with E-state index < -0.39 is 17.7 Å². The number of hydrogen-bond acceptors (Lipinski definition) is 3. The Hall–Kier alpha value is -1.85. The minimum absolute atomic E-state index is 0.0821. The van der Waals surface area contributed by atoms with Crippen molar-refractivity contribution in [1.82, 2.24) is 0 Å². The van der Waals surface area contributed by atoms with Gasteiger partial charge < -0.3 is 9.53 Å². The molecule has 0 fully saturated rings. The molecule has 0 heterocycles. The number of hydrogen-bond donors (Lipinski definition) is 0. The number of esters is 1. The van der Waals surface area contributed by atoms with Crippen molar-refractivity contribution in [2.24, 2.45) is 0 Å². The maximum absolute atomic E-state index is 12.7. The lowest BCUT2D eigenvalue weighted by Crippen LogP contribution is -2.11. The Labute approximate surface area is 108 Å². The van der Waals surface area contributed by atoms with Crippen molar-refractivity contribution >= 4 is 12.3 Å². The molecule has 0 N–H and O–H groups in total. The summed E-state index contributed by atoms with van der Waals surface area (Å²) in [5.74, 6) is -0.805. The van der Waals surface area contributed by atoms with E-state index >= 15 is 0 Å². The Morgan fingerprint density at radius 2 is 2.00 bits per heavy atom. The van der Waals surface area contributed by atoms with E-state index in [2.05, 4.69) is 4.74 Å². The first-order chi connectivity index (χ1) is 8.88. The number of benzene rings is 1. The zero-order chi connectivity index (χ0) is 14.5. The van der Waals surface area contributed by atoms with Gasteiger partial charge in [-0.2, -0.15) is 13.2 Å². The summed E-state index contributed by atoms with van der Waals surface area (Å²) in [7, 11) is 0. The van der Waals surface area contributed by atoms with Gasteiger partial charge in [-0.25, -0.2) is 4.79 Å². The van der Waals surface area contributed by atoms with Gasteiger partial charge >= 0.3 is 12.1 Å². The van der Waals surface area contributed by atoms with E-state index in [0.29, 0.717) is 6.29 Å². The van der Waals surface area contributed by atoms with E-state index in [4.69, 9.17) is 0 Å². The first-order valence-electron chi connectivity index (χ1n) is 5.70. The second kappa shape index (κ2) is 6.36. The molecule has 0 bridgehead atoms. The number of ether oxygens (including phenoxy) is 1. The van der Waals surface area contributed by atoms with Crippen LogP contribution in [-0.2, 0) is 22.1 Å². The van der Waals surface area contributed by atoms with Crippen LogP contribution in [0.1, 0.15) is 34.8 Å². The van der Waals surface area contributed by atoms with Crippen molar-refractivity contribution in [3.8, 4) is 0 Å². The average Bonchev–Trinajstić information content (AvgIpc) is 2.35. The number of rotatable bonds is 5. The standard InChI is InChI=1S/C13H13F3O3/c1-2-19-12(18)10-6-9(4-3-5-17)7-11(8-10)13(14,15)16/h5-8H,2-4H2,1H3. The quantitative estimate of drug-likeness (QED) is 0.612. The van der Waals surface area contributed by atoms with E-state index in [0.717, 1.165) is 12.1 Å². The summed E-state index contributed by atoms with van der Waals surface area (Å²) in [6.07, 6.45) is -3.67. The zero-order valence-electron chi connectivity index (χ0n) is 10.3. The summed E-state index contributed by atoms with van der Waals surface area (Å²) in [6, 6.07) is 3.01. The molecule has 1 aromatic rings. The van der Waals surface area contributed by atoms with Crippen LogP contribution in [0.5, 0.6) is 0 Å². The first kappa shape index (κ1) is 15.2. The van der Waals surface area contributed by atoms with Gasteiger partial charge in [0.1, 0.15) is 6.29 Å². The Kier molecular flexibility index (Phi) is 5.09. The van der Waals surface area contributed by atoms with E-state index in [9.17, 15) is 22.8 Å². The fourth-order valence-electron chi connectivity index (χ4n) is 1.56. The second-order valence-electron chi connectivity index (χ2n) is 3.84. The number of alkyl halides is 3. The first-order valence-corrected chi connectivity index (χ1v) is 5.70. The summed E-state index contributed by atoms with van der Waals surface area (Å²) in [4.78, 5) is 21.8. The lowest BCUT2D eigenvalue weighted by molar-refractivity contribution is -0.137. The van der Waals surface area contributed by atoms with Gasteiger partial charge in [-0.1, -0.05) is 0 Å². The lowest BCUT2D eigenvalue weighted by Gasteiger charge is -2.11. The lowest BCUT2D eigenvalue weighted by atomic mass is 10.0. The molecule has 0 aliphatic heterocycles. The number of carbonyl (C=O) groups excluding carboxylic acids is 2. The Balaban J connectivity index is 3.16. The molecule has 0 saturated heterocycles. The minimum atomic E-state index is -4.54. The maximum Gasteiger partial charge on any atom is 0.416 e. The van der Waals surface area contributed by atoms with Crippen LogP contribution < -0.4 is 0 Å². The smallest absolute Gasteiger partial charge is 0.416 e. The third-order valence-corrected chi connectivity index (χ3v) is 2.38. The molecule has 0 aliphatic carbocycles. The van der Waals surface area contributed by atoms with Crippen LogP contribution in [0.4, 0.5) is 13.2 Å². The van der Waals surface area contributed by atoms with Gasteiger partial charge in [-0.3, -0.25) is 0 Å². The molecule has 1 rings (SSSR count). The molecule has 0 spiro atoms. The van der Waals surface area contributed by atoms with Gasteiger partial charge in [-0.05, 0) is 37.1 Å². The molecule has 0 aromatic heterocycles. The molecule has 19 heavy (non-hydrogen) atoms. The molecule has 0 aliphatic rings. The van der Waals surface area contributed by atoms with Crippen molar-refractivity contribution < 1.29 is 27.5 Å². The van der Waals surface area contributed by atoms with E-state index in [1.165, 1.54) is 6.07 Å². The molecular weight excluding hydrogens is 261 g/mol. The fraction of sp³-hybridized carbons (Fsp3) is 0.385. The van der Waals surface area contributed by atoms with Crippen LogP contribution in [0.3, 0.4) is 0 Å². The van der Waals surface area contributed by atoms with Crippen molar-refractivity contribution in [3.05, 3.63) is 34.9 Å². The van der Waals surface area contributed by atoms with Crippen molar-refractivity contribution in [2.75, 3.05) is 6.61 Å². The van der Waals surface area contributed by atoms with Crippen molar-refractivity contribution in [2.45, 2.75) is 25.9 Å². The van der Waals surface area contributed by atoms with Gasteiger partial charge in [0.05, 0.1) is 17.7 Å². The highest BCUT2D eigenvalue weighted by molar-refractivity contribution is 5.89. The van der Waals surface area contributed by atoms with Crippen LogP contribution in [0, 0.1) is 0 Å². The molecule has 0 amide bonds. The van der Waals surface area contributed by atoms with Gasteiger partial charge in [0, 0.05) is 6.42 Å². The Bertz CT molecular complexity index is 467. The highest BCUT2D eigenvalue weighted by Gasteiger charge is 2.31. The van der Waals surface area contributed by atoms with Crippen LogP contribution in [0.15, 0.2) is 18.2 Å². The van der Waals surface area contributed by atoms with Gasteiger partial charge in [-0.15, -0.1) is 0 Å². The van der Waals surface area contributed by atoms with Gasteiger partial charge in [0.25, 0.3) is 0 Å². The molecule has 1 aromatic carbocycles. The molecule has 0 saturated carbocycles. The molecule has 0 unspecified atom stereocenters. The predicted octanol–water partition coefficient (Wildman–Crippen LogP) is 3.01. The average molecular weight is 274 g/mol. The molecule has 104 valence electrons. The topological polar surface area (TPSA) is 43.4 Å². The zero-order valence-corrected chi connectivity index (χ0v) is 10.3. The minimum Gasteiger partial charge on any atom is -0.462 e. The van der Waals surface area contributed by atoms with E-state index in [-0.39, 0.29) is 30.6 Å². The Morgan fingerprint density at radius 3 is 2.53 bits per heavy atom. The second-order valence-corrected chi connectivity index (χ2v) is 3.84. The predicted molar refractivity (Wildman–Crippen MR) is 61.8 cm³/mol. The monoisotopic (exact) mass is 274 g/mol. The summed E-state index contributed by atoms with van der Waals surface area (Å²) in [5, 5.41) is 0. The Morgan fingerprint density at radius 1 is 1.32 bits per heavy atom. The van der Waals surface area contributed by atoms with Crippen LogP contribution in [0.2, 0.25) is 0 Å². The molecular formula is C13H13F3O3. The summed E-state index contributed by atoms with van der Waals surface area (Å²) in [6.45, 7) is 1.65. The molecule has 6 heteroatoms. The SMILES string of the molecule is CCOC(=O)c1cc(CCC=O)cc(C(F)(F)F)c1. The van der Waals surface area contributed by atoms with Crippen LogP contribution in [-0.4, -0.2) is 18.9 Å². The van der Waals surface area contributed by atoms with Gasteiger partial charge in [0.2, 0.25) is 0 Å². The molecule has 3 nitrogen and oxygen atoms in total. The highest BCUT2D eigenvalue weighted by atomic mass is 19.4. The summed E-state index contributed by atoms with van der Waals surface area (Å²) >= 11 is 0. The van der Waals surface area contributed by atoms with Gasteiger partial charge in [0.15, 0.2) is 0 Å². The van der Waals surface area contributed by atoms with Crippen molar-refractivity contribution in [3.63, 3.8) is 0 Å². The third kappa shape index (κ3) is 4.39. The number of aldehydes is 1. The molecule has 0 atom stereocenters. The summed E-state index contributed by atoms with van der Waals surface area (Å²) < 4.78 is 42.8. The largest absolute Gasteiger partial charge is 0.462 e. The maximum atomic E-state index is 12.7. The number of carbonyl (C=O) groups is 2. The van der Waals surface area contributed by atoms with Crippen molar-refractivity contribution in [1.29, 1.82) is 0 Å². The van der Waals surface area contributed by atoms with Crippen LogP contribution in [0.25, 0.3) is 0 Å². The highest BCUT2D eigenvalue weighted by Crippen LogP contribution is 2.31. The van der Waals surface area contributed by atoms with E-state index in [1.807, 2.05) is 0 Å².